The molecule has 0 atom stereocenters. The number of amides is 2. The Labute approximate surface area is 176 Å². The van der Waals surface area contributed by atoms with Gasteiger partial charge >= 0.3 is 0 Å². The van der Waals surface area contributed by atoms with E-state index in [9.17, 15) is 9.59 Å². The fourth-order valence-electron chi connectivity index (χ4n) is 2.56. The first kappa shape index (κ1) is 20.2. The van der Waals surface area contributed by atoms with Crippen molar-refractivity contribution in [2.24, 2.45) is 0 Å². The molecular weight excluding hydrogens is 448 g/mol. The summed E-state index contributed by atoms with van der Waals surface area (Å²) in [5, 5.41) is 5.94. The van der Waals surface area contributed by atoms with Gasteiger partial charge in [-0.15, -0.1) is 0 Å². The van der Waals surface area contributed by atoms with Gasteiger partial charge in [0.2, 0.25) is 18.6 Å². The van der Waals surface area contributed by atoms with Crippen molar-refractivity contribution in [3.63, 3.8) is 0 Å². The second kappa shape index (κ2) is 9.12. The molecule has 3 rings (SSSR count). The molecule has 2 aromatic rings. The molecule has 0 fully saturated rings. The summed E-state index contributed by atoms with van der Waals surface area (Å²) in [6, 6.07) is 9.09. The Morgan fingerprint density at radius 3 is 2.89 bits per heavy atom. The van der Waals surface area contributed by atoms with E-state index in [-0.39, 0.29) is 31.6 Å². The number of carbonyl (C=O) groups is 2. The molecule has 0 radical (unpaired) electrons. The highest BCUT2D eigenvalue weighted by atomic mass is 79.9. The minimum Gasteiger partial charge on any atom is -0.454 e. The maximum Gasteiger partial charge on any atom is 0.244 e. The average Bonchev–Trinajstić information content (AvgIpc) is 3.12. The standard InChI is InChI=1S/C20H18BrClN2O4/c1-12-2-4-14(21)10-16(12)24-19(26)6-7-23-18(25)5-3-13-8-15(22)20-17(9-13)27-11-28-20/h2-5,8-10H,6-7,11H2,1H3,(H,23,25)(H,24,26)/b5-3+. The molecule has 8 heteroatoms. The lowest BCUT2D eigenvalue weighted by Gasteiger charge is -2.09. The summed E-state index contributed by atoms with van der Waals surface area (Å²) < 4.78 is 11.4. The van der Waals surface area contributed by atoms with E-state index in [0.29, 0.717) is 22.1 Å². The van der Waals surface area contributed by atoms with E-state index in [1.54, 1.807) is 18.2 Å². The van der Waals surface area contributed by atoms with Gasteiger partial charge in [0.1, 0.15) is 0 Å². The van der Waals surface area contributed by atoms with Gasteiger partial charge in [-0.3, -0.25) is 9.59 Å². The summed E-state index contributed by atoms with van der Waals surface area (Å²) in [4.78, 5) is 24.0. The number of fused-ring (bicyclic) bond motifs is 1. The van der Waals surface area contributed by atoms with E-state index in [0.717, 1.165) is 15.7 Å². The number of halogens is 2. The van der Waals surface area contributed by atoms with Crippen LogP contribution in [-0.4, -0.2) is 25.2 Å². The van der Waals surface area contributed by atoms with Gasteiger partial charge in [0, 0.05) is 29.2 Å². The number of carbonyl (C=O) groups excluding carboxylic acids is 2. The zero-order chi connectivity index (χ0) is 20.1. The lowest BCUT2D eigenvalue weighted by molar-refractivity contribution is -0.117. The van der Waals surface area contributed by atoms with Gasteiger partial charge in [0.05, 0.1) is 5.02 Å². The van der Waals surface area contributed by atoms with Crippen LogP contribution in [0.2, 0.25) is 5.02 Å². The molecule has 0 aromatic heterocycles. The molecule has 0 spiro atoms. The summed E-state index contributed by atoms with van der Waals surface area (Å²) in [7, 11) is 0. The summed E-state index contributed by atoms with van der Waals surface area (Å²) in [6.45, 7) is 2.27. The Morgan fingerprint density at radius 1 is 1.25 bits per heavy atom. The molecule has 2 aromatic carbocycles. The molecule has 0 unspecified atom stereocenters. The van der Waals surface area contributed by atoms with E-state index >= 15 is 0 Å². The van der Waals surface area contributed by atoms with Crippen LogP contribution in [-0.2, 0) is 9.59 Å². The van der Waals surface area contributed by atoms with Crippen molar-refractivity contribution in [3.05, 3.63) is 57.0 Å². The molecule has 0 saturated heterocycles. The van der Waals surface area contributed by atoms with Gasteiger partial charge < -0.3 is 20.1 Å². The Hall–Kier alpha value is -2.51. The van der Waals surface area contributed by atoms with E-state index in [1.807, 2.05) is 25.1 Å². The highest BCUT2D eigenvalue weighted by Crippen LogP contribution is 2.40. The second-order valence-electron chi connectivity index (χ2n) is 6.12. The van der Waals surface area contributed by atoms with Crippen molar-refractivity contribution >= 4 is 51.1 Å². The van der Waals surface area contributed by atoms with Gasteiger partial charge in [-0.1, -0.05) is 33.6 Å². The molecule has 0 saturated carbocycles. The molecule has 6 nitrogen and oxygen atoms in total. The van der Waals surface area contributed by atoms with E-state index in [2.05, 4.69) is 26.6 Å². The molecule has 0 aliphatic carbocycles. The third-order valence-electron chi connectivity index (χ3n) is 4.00. The normalized spacial score (nSPS) is 12.2. The second-order valence-corrected chi connectivity index (χ2v) is 7.44. The topological polar surface area (TPSA) is 76.7 Å². The van der Waals surface area contributed by atoms with Gasteiger partial charge in [-0.25, -0.2) is 0 Å². The third-order valence-corrected chi connectivity index (χ3v) is 4.78. The van der Waals surface area contributed by atoms with Crippen molar-refractivity contribution in [1.82, 2.24) is 5.32 Å². The lowest BCUT2D eigenvalue weighted by Crippen LogP contribution is -2.26. The molecule has 1 aliphatic rings. The Morgan fingerprint density at radius 2 is 2.07 bits per heavy atom. The summed E-state index contributed by atoms with van der Waals surface area (Å²) >= 11 is 9.49. The van der Waals surface area contributed by atoms with E-state index < -0.39 is 0 Å². The minimum absolute atomic E-state index is 0.129. The van der Waals surface area contributed by atoms with Gasteiger partial charge in [0.25, 0.3) is 0 Å². The number of nitrogens with one attached hydrogen (secondary N) is 2. The van der Waals surface area contributed by atoms with Crippen LogP contribution in [0.3, 0.4) is 0 Å². The fraction of sp³-hybridized carbons (Fsp3) is 0.200. The zero-order valence-corrected chi connectivity index (χ0v) is 17.4. The molecule has 28 heavy (non-hydrogen) atoms. The molecule has 2 N–H and O–H groups in total. The highest BCUT2D eigenvalue weighted by Gasteiger charge is 2.17. The number of ether oxygens (including phenoxy) is 2. The molecular formula is C20H18BrClN2O4. The van der Waals surface area contributed by atoms with Crippen LogP contribution < -0.4 is 20.1 Å². The van der Waals surface area contributed by atoms with Gasteiger partial charge in [0.15, 0.2) is 11.5 Å². The van der Waals surface area contributed by atoms with Crippen molar-refractivity contribution in [1.29, 1.82) is 0 Å². The van der Waals surface area contributed by atoms with Crippen LogP contribution in [0.4, 0.5) is 5.69 Å². The largest absolute Gasteiger partial charge is 0.454 e. The monoisotopic (exact) mass is 464 g/mol. The van der Waals surface area contributed by atoms with Crippen LogP contribution in [0.25, 0.3) is 6.08 Å². The van der Waals surface area contributed by atoms with Gasteiger partial charge in [-0.05, 0) is 48.4 Å². The Bertz CT molecular complexity index is 946. The number of rotatable bonds is 6. The molecule has 146 valence electrons. The Kier molecular flexibility index (Phi) is 6.59. The number of hydrogen-bond acceptors (Lipinski definition) is 4. The molecule has 2 amide bonds. The number of anilines is 1. The average molecular weight is 466 g/mol. The maximum absolute atomic E-state index is 12.0. The minimum atomic E-state index is -0.305. The van der Waals surface area contributed by atoms with Gasteiger partial charge in [-0.2, -0.15) is 0 Å². The number of aryl methyl sites for hydroxylation is 1. The third kappa shape index (κ3) is 5.27. The van der Waals surface area contributed by atoms with E-state index in [4.69, 9.17) is 21.1 Å². The first-order valence-electron chi connectivity index (χ1n) is 8.53. The predicted molar refractivity (Wildman–Crippen MR) is 112 cm³/mol. The van der Waals surface area contributed by atoms with Crippen LogP contribution in [0.1, 0.15) is 17.5 Å². The summed E-state index contributed by atoms with van der Waals surface area (Å²) in [5.41, 5.74) is 2.42. The Balaban J connectivity index is 1.47. The van der Waals surface area contributed by atoms with Crippen molar-refractivity contribution in [2.45, 2.75) is 13.3 Å². The molecule has 1 heterocycles. The first-order valence-corrected chi connectivity index (χ1v) is 9.70. The van der Waals surface area contributed by atoms with Crippen molar-refractivity contribution < 1.29 is 19.1 Å². The fourth-order valence-corrected chi connectivity index (χ4v) is 3.19. The number of hydrogen-bond donors (Lipinski definition) is 2. The van der Waals surface area contributed by atoms with Crippen molar-refractivity contribution in [3.8, 4) is 11.5 Å². The van der Waals surface area contributed by atoms with Crippen LogP contribution in [0.15, 0.2) is 40.9 Å². The quantitative estimate of drug-likeness (QED) is 0.624. The number of benzene rings is 2. The molecule has 0 bridgehead atoms. The lowest BCUT2D eigenvalue weighted by atomic mass is 10.2. The summed E-state index contributed by atoms with van der Waals surface area (Å²) in [5.74, 6) is 0.579. The predicted octanol–water partition coefficient (Wildman–Crippen LogP) is 4.30. The van der Waals surface area contributed by atoms with Crippen LogP contribution >= 0.6 is 27.5 Å². The van der Waals surface area contributed by atoms with Crippen LogP contribution in [0, 0.1) is 6.92 Å². The highest BCUT2D eigenvalue weighted by molar-refractivity contribution is 9.10. The van der Waals surface area contributed by atoms with E-state index in [1.165, 1.54) is 6.08 Å². The van der Waals surface area contributed by atoms with Crippen LogP contribution in [0.5, 0.6) is 11.5 Å². The first-order chi connectivity index (χ1) is 13.4. The molecule has 1 aliphatic heterocycles. The van der Waals surface area contributed by atoms with Crippen molar-refractivity contribution in [2.75, 3.05) is 18.7 Å². The maximum atomic E-state index is 12.0. The SMILES string of the molecule is Cc1ccc(Br)cc1NC(=O)CCNC(=O)/C=C/c1cc(Cl)c2c(c1)OCO2. The smallest absolute Gasteiger partial charge is 0.244 e. The summed E-state index contributed by atoms with van der Waals surface area (Å²) in [6.07, 6.45) is 3.17. The zero-order valence-electron chi connectivity index (χ0n) is 15.1.